The number of nitrogens with zero attached hydrogens (tertiary/aromatic N) is 1. The van der Waals surface area contributed by atoms with Crippen molar-refractivity contribution in [3.05, 3.63) is 0 Å². The first kappa shape index (κ1) is 13.7. The molecule has 4 unspecified atom stereocenters. The predicted molar refractivity (Wildman–Crippen MR) is 71.3 cm³/mol. The van der Waals surface area contributed by atoms with Crippen LogP contribution < -0.4 is 5.32 Å². The number of urea groups is 1. The highest BCUT2D eigenvalue weighted by molar-refractivity contribution is 5.84. The van der Waals surface area contributed by atoms with E-state index < -0.39 is 12.0 Å². The summed E-state index contributed by atoms with van der Waals surface area (Å²) in [7, 11) is 0. The molecular weight excluding hydrogens is 260 g/mol. The summed E-state index contributed by atoms with van der Waals surface area (Å²) in [6, 6.07) is -0.861. The fourth-order valence-electron chi connectivity index (χ4n) is 3.94. The van der Waals surface area contributed by atoms with Crippen LogP contribution >= 0.6 is 0 Å². The Morgan fingerprint density at radius 1 is 1.20 bits per heavy atom. The molecule has 1 saturated carbocycles. The molecular formula is C14H22N2O4. The predicted octanol–water partition coefficient (Wildman–Crippen LogP) is 1.06. The Morgan fingerprint density at radius 2 is 2.05 bits per heavy atom. The number of carboxylic acid groups (broad SMARTS) is 1. The van der Waals surface area contributed by atoms with Gasteiger partial charge in [0.05, 0.1) is 12.6 Å². The van der Waals surface area contributed by atoms with Crippen LogP contribution in [0, 0.1) is 11.8 Å². The summed E-state index contributed by atoms with van der Waals surface area (Å²) in [5.41, 5.74) is 0. The van der Waals surface area contributed by atoms with Crippen LogP contribution in [-0.4, -0.2) is 53.8 Å². The van der Waals surface area contributed by atoms with E-state index in [0.29, 0.717) is 19.1 Å². The SMILES string of the molecule is O=C(O)C1C2CCCC2CN1C(=O)NC1CCCOC1. The Morgan fingerprint density at radius 3 is 2.75 bits per heavy atom. The Bertz CT molecular complexity index is 395. The number of ether oxygens (including phenoxy) is 1. The van der Waals surface area contributed by atoms with E-state index in [9.17, 15) is 14.7 Å². The third-order valence-electron chi connectivity index (χ3n) is 4.89. The van der Waals surface area contributed by atoms with E-state index >= 15 is 0 Å². The minimum atomic E-state index is -0.866. The molecule has 0 bridgehead atoms. The van der Waals surface area contributed by atoms with Gasteiger partial charge in [-0.05, 0) is 37.5 Å². The molecule has 0 spiro atoms. The minimum absolute atomic E-state index is 0.0196. The first-order chi connectivity index (χ1) is 9.66. The summed E-state index contributed by atoms with van der Waals surface area (Å²) in [4.78, 5) is 25.4. The van der Waals surface area contributed by atoms with Gasteiger partial charge in [0.25, 0.3) is 0 Å². The number of rotatable bonds is 2. The summed E-state index contributed by atoms with van der Waals surface area (Å²) in [5, 5.41) is 12.4. The maximum atomic E-state index is 12.4. The molecule has 112 valence electrons. The van der Waals surface area contributed by atoms with Gasteiger partial charge >= 0.3 is 12.0 Å². The van der Waals surface area contributed by atoms with Crippen molar-refractivity contribution in [3.63, 3.8) is 0 Å². The fourth-order valence-corrected chi connectivity index (χ4v) is 3.94. The molecule has 6 nitrogen and oxygen atoms in total. The van der Waals surface area contributed by atoms with Crippen LogP contribution in [0.2, 0.25) is 0 Å². The van der Waals surface area contributed by atoms with Gasteiger partial charge in [-0.15, -0.1) is 0 Å². The second-order valence-corrected chi connectivity index (χ2v) is 6.15. The second kappa shape index (κ2) is 5.60. The number of hydrogen-bond acceptors (Lipinski definition) is 3. The summed E-state index contributed by atoms with van der Waals surface area (Å²) < 4.78 is 5.34. The lowest BCUT2D eigenvalue weighted by atomic mass is 9.94. The van der Waals surface area contributed by atoms with Crippen molar-refractivity contribution in [2.24, 2.45) is 11.8 Å². The van der Waals surface area contributed by atoms with Crippen LogP contribution in [0.3, 0.4) is 0 Å². The zero-order chi connectivity index (χ0) is 14.1. The molecule has 2 aliphatic heterocycles. The van der Waals surface area contributed by atoms with E-state index in [-0.39, 0.29) is 18.0 Å². The van der Waals surface area contributed by atoms with Crippen LogP contribution in [0.25, 0.3) is 0 Å². The number of likely N-dealkylation sites (tertiary alicyclic amines) is 1. The third-order valence-corrected chi connectivity index (χ3v) is 4.89. The maximum absolute atomic E-state index is 12.4. The molecule has 6 heteroatoms. The van der Waals surface area contributed by atoms with E-state index in [1.54, 1.807) is 0 Å². The van der Waals surface area contributed by atoms with E-state index in [4.69, 9.17) is 4.74 Å². The van der Waals surface area contributed by atoms with Gasteiger partial charge in [-0.2, -0.15) is 0 Å². The Hall–Kier alpha value is -1.30. The first-order valence-electron chi connectivity index (χ1n) is 7.54. The van der Waals surface area contributed by atoms with Crippen molar-refractivity contribution in [1.29, 1.82) is 0 Å². The van der Waals surface area contributed by atoms with Gasteiger partial charge in [-0.3, -0.25) is 0 Å². The number of amides is 2. The molecule has 0 aromatic rings. The average Bonchev–Trinajstić information content (AvgIpc) is 2.98. The van der Waals surface area contributed by atoms with Crippen LogP contribution in [0.1, 0.15) is 32.1 Å². The summed E-state index contributed by atoms with van der Waals surface area (Å²) in [6.45, 7) is 1.86. The number of nitrogens with one attached hydrogen (secondary N) is 1. The van der Waals surface area contributed by atoms with Crippen LogP contribution in [0.4, 0.5) is 4.79 Å². The average molecular weight is 282 g/mol. The molecule has 20 heavy (non-hydrogen) atoms. The molecule has 3 rings (SSSR count). The largest absolute Gasteiger partial charge is 0.480 e. The smallest absolute Gasteiger partial charge is 0.326 e. The molecule has 0 aromatic heterocycles. The second-order valence-electron chi connectivity index (χ2n) is 6.15. The van der Waals surface area contributed by atoms with Crippen molar-refractivity contribution in [3.8, 4) is 0 Å². The Kier molecular flexibility index (Phi) is 3.83. The van der Waals surface area contributed by atoms with Crippen LogP contribution in [0.15, 0.2) is 0 Å². The van der Waals surface area contributed by atoms with Gasteiger partial charge in [-0.1, -0.05) is 6.42 Å². The highest BCUT2D eigenvalue weighted by Gasteiger charge is 2.49. The van der Waals surface area contributed by atoms with Crippen molar-refractivity contribution in [1.82, 2.24) is 10.2 Å². The standard InChI is InChI=1S/C14H22N2O4/c17-13(18)12-11-5-1-3-9(11)7-16(12)14(19)15-10-4-2-6-20-8-10/h9-12H,1-8H2,(H,15,19)(H,17,18). The van der Waals surface area contributed by atoms with Crippen molar-refractivity contribution in [2.45, 2.75) is 44.2 Å². The van der Waals surface area contributed by atoms with E-state index in [1.165, 1.54) is 4.90 Å². The van der Waals surface area contributed by atoms with Crippen LogP contribution in [-0.2, 0) is 9.53 Å². The van der Waals surface area contributed by atoms with E-state index in [1.807, 2.05) is 0 Å². The fraction of sp³-hybridized carbons (Fsp3) is 0.857. The monoisotopic (exact) mass is 282 g/mol. The zero-order valence-electron chi connectivity index (χ0n) is 11.6. The number of fused-ring (bicyclic) bond motifs is 1. The lowest BCUT2D eigenvalue weighted by Gasteiger charge is -2.29. The minimum Gasteiger partial charge on any atom is -0.480 e. The summed E-state index contributed by atoms with van der Waals surface area (Å²) in [5.74, 6) is -0.361. The van der Waals surface area contributed by atoms with E-state index in [2.05, 4.69) is 5.32 Å². The molecule has 0 radical (unpaired) electrons. The Balaban J connectivity index is 1.65. The lowest BCUT2D eigenvalue weighted by Crippen LogP contribution is -2.52. The lowest BCUT2D eigenvalue weighted by molar-refractivity contribution is -0.142. The molecule has 0 aromatic carbocycles. The molecule has 2 N–H and O–H groups in total. The number of hydrogen-bond donors (Lipinski definition) is 2. The first-order valence-corrected chi connectivity index (χ1v) is 7.54. The number of carbonyl (C=O) groups is 2. The van der Waals surface area contributed by atoms with Crippen molar-refractivity contribution in [2.75, 3.05) is 19.8 Å². The van der Waals surface area contributed by atoms with Gasteiger partial charge in [0.1, 0.15) is 6.04 Å². The molecule has 4 atom stereocenters. The van der Waals surface area contributed by atoms with Gasteiger partial charge in [0.2, 0.25) is 0 Å². The highest BCUT2D eigenvalue weighted by atomic mass is 16.5. The quantitative estimate of drug-likeness (QED) is 0.794. The molecule has 2 heterocycles. The van der Waals surface area contributed by atoms with Crippen molar-refractivity contribution >= 4 is 12.0 Å². The highest BCUT2D eigenvalue weighted by Crippen LogP contribution is 2.42. The number of carbonyl (C=O) groups excluding carboxylic acids is 1. The molecule has 1 aliphatic carbocycles. The van der Waals surface area contributed by atoms with Crippen LogP contribution in [0.5, 0.6) is 0 Å². The van der Waals surface area contributed by atoms with Gasteiger partial charge in [0.15, 0.2) is 0 Å². The normalized spacial score (nSPS) is 36.7. The van der Waals surface area contributed by atoms with Crippen molar-refractivity contribution < 1.29 is 19.4 Å². The third kappa shape index (κ3) is 2.49. The molecule has 3 aliphatic rings. The molecule has 2 saturated heterocycles. The van der Waals surface area contributed by atoms with Gasteiger partial charge in [-0.25, -0.2) is 9.59 Å². The maximum Gasteiger partial charge on any atom is 0.326 e. The summed E-state index contributed by atoms with van der Waals surface area (Å²) >= 11 is 0. The molecule has 3 fully saturated rings. The zero-order valence-corrected chi connectivity index (χ0v) is 11.6. The summed E-state index contributed by atoms with van der Waals surface area (Å²) in [6.07, 6.45) is 4.91. The number of carboxylic acids is 1. The Labute approximate surface area is 118 Å². The van der Waals surface area contributed by atoms with Gasteiger partial charge < -0.3 is 20.1 Å². The number of aliphatic carboxylic acids is 1. The van der Waals surface area contributed by atoms with E-state index in [0.717, 1.165) is 38.7 Å². The topological polar surface area (TPSA) is 78.9 Å². The van der Waals surface area contributed by atoms with Gasteiger partial charge in [0, 0.05) is 13.2 Å². The molecule has 2 amide bonds.